The van der Waals surface area contributed by atoms with Crippen LogP contribution in [0.5, 0.6) is 0 Å². The van der Waals surface area contributed by atoms with Gasteiger partial charge in [-0.3, -0.25) is 0 Å². The fourth-order valence-corrected chi connectivity index (χ4v) is 1.92. The second-order valence-electron chi connectivity index (χ2n) is 4.98. The minimum absolute atomic E-state index is 0.293. The maximum Gasteiger partial charge on any atom is 0.130 e. The Kier molecular flexibility index (Phi) is 13.0. The van der Waals surface area contributed by atoms with Gasteiger partial charge in [0.05, 0.1) is 0 Å². The van der Waals surface area contributed by atoms with Crippen molar-refractivity contribution in [3.05, 3.63) is 12.2 Å². The van der Waals surface area contributed by atoms with Gasteiger partial charge in [0.2, 0.25) is 0 Å². The maximum atomic E-state index is 10.7. The van der Waals surface area contributed by atoms with Gasteiger partial charge in [-0.2, -0.15) is 0 Å². The summed E-state index contributed by atoms with van der Waals surface area (Å²) in [5, 5.41) is 0. The molecule has 17 heavy (non-hydrogen) atoms. The third kappa shape index (κ3) is 15.4. The zero-order chi connectivity index (χ0) is 12.8. The zero-order valence-electron chi connectivity index (χ0n) is 11.8. The van der Waals surface area contributed by atoms with Crippen molar-refractivity contribution in [1.29, 1.82) is 0 Å². The van der Waals surface area contributed by atoms with Crippen molar-refractivity contribution < 1.29 is 4.79 Å². The Labute approximate surface area is 108 Å². The van der Waals surface area contributed by atoms with Gasteiger partial charge in [-0.25, -0.2) is 0 Å². The summed E-state index contributed by atoms with van der Waals surface area (Å²) in [6, 6.07) is 0. The van der Waals surface area contributed by atoms with Crippen LogP contribution in [0, 0.1) is 0 Å². The zero-order valence-corrected chi connectivity index (χ0v) is 11.8. The molecule has 0 aliphatic heterocycles. The monoisotopic (exact) mass is 238 g/mol. The van der Waals surface area contributed by atoms with Crippen molar-refractivity contribution in [3.63, 3.8) is 0 Å². The smallest absolute Gasteiger partial charge is 0.130 e. The van der Waals surface area contributed by atoms with Gasteiger partial charge in [0.1, 0.15) is 5.78 Å². The highest BCUT2D eigenvalue weighted by Crippen LogP contribution is 2.09. The number of hydrogen-bond acceptors (Lipinski definition) is 1. The SMILES string of the molecule is CCCCCCCCCC/C=C/CCC(C)=O. The van der Waals surface area contributed by atoms with E-state index in [1.54, 1.807) is 6.92 Å². The Bertz CT molecular complexity index is 194. The Morgan fingerprint density at radius 3 is 1.94 bits per heavy atom. The van der Waals surface area contributed by atoms with E-state index >= 15 is 0 Å². The lowest BCUT2D eigenvalue weighted by Crippen LogP contribution is -1.86. The minimum Gasteiger partial charge on any atom is -0.300 e. The minimum atomic E-state index is 0.293. The summed E-state index contributed by atoms with van der Waals surface area (Å²) < 4.78 is 0. The van der Waals surface area contributed by atoms with Gasteiger partial charge < -0.3 is 4.79 Å². The number of Topliss-reactive ketones (excluding diaryl/α,β-unsaturated/α-hetero) is 1. The molecule has 0 aliphatic carbocycles. The molecule has 100 valence electrons. The molecule has 0 fully saturated rings. The fraction of sp³-hybridized carbons (Fsp3) is 0.812. The van der Waals surface area contributed by atoms with Crippen LogP contribution in [0.15, 0.2) is 12.2 Å². The molecule has 0 rings (SSSR count). The molecule has 1 heteroatoms. The van der Waals surface area contributed by atoms with Gasteiger partial charge in [0.25, 0.3) is 0 Å². The van der Waals surface area contributed by atoms with E-state index in [0.29, 0.717) is 12.2 Å². The molecule has 1 nitrogen and oxygen atoms in total. The number of ketones is 1. The van der Waals surface area contributed by atoms with Crippen LogP contribution >= 0.6 is 0 Å². The van der Waals surface area contributed by atoms with Crippen molar-refractivity contribution >= 4 is 5.78 Å². The Hall–Kier alpha value is -0.590. The molecule has 0 aromatic heterocycles. The van der Waals surface area contributed by atoms with Gasteiger partial charge in [-0.15, -0.1) is 0 Å². The van der Waals surface area contributed by atoms with E-state index in [2.05, 4.69) is 19.1 Å². The summed E-state index contributed by atoms with van der Waals surface area (Å²) in [7, 11) is 0. The van der Waals surface area contributed by atoms with E-state index in [1.807, 2.05) is 0 Å². The summed E-state index contributed by atoms with van der Waals surface area (Å²) in [5.74, 6) is 0.293. The molecule has 0 heterocycles. The Morgan fingerprint density at radius 1 is 0.824 bits per heavy atom. The number of carbonyl (C=O) groups excluding carboxylic acids is 1. The molecular formula is C16H30O. The van der Waals surface area contributed by atoms with Crippen LogP contribution in [0.2, 0.25) is 0 Å². The lowest BCUT2D eigenvalue weighted by atomic mass is 10.1. The van der Waals surface area contributed by atoms with Crippen LogP contribution in [0.4, 0.5) is 0 Å². The molecule has 0 saturated carbocycles. The maximum absolute atomic E-state index is 10.7. The largest absolute Gasteiger partial charge is 0.300 e. The highest BCUT2D eigenvalue weighted by Gasteiger charge is 1.91. The first-order chi connectivity index (χ1) is 8.27. The average Bonchev–Trinajstić information content (AvgIpc) is 2.30. The van der Waals surface area contributed by atoms with Crippen LogP contribution in [0.1, 0.15) is 84.5 Å². The van der Waals surface area contributed by atoms with Crippen molar-refractivity contribution in [2.24, 2.45) is 0 Å². The quantitative estimate of drug-likeness (QED) is 0.327. The molecule has 0 bridgehead atoms. The molecule has 0 amide bonds. The number of unbranched alkanes of at least 4 members (excludes halogenated alkanes) is 8. The molecule has 0 saturated heterocycles. The second-order valence-corrected chi connectivity index (χ2v) is 4.98. The number of hydrogen-bond donors (Lipinski definition) is 0. The van der Waals surface area contributed by atoms with Crippen molar-refractivity contribution in [1.82, 2.24) is 0 Å². The fourth-order valence-electron chi connectivity index (χ4n) is 1.92. The van der Waals surface area contributed by atoms with Gasteiger partial charge in [-0.1, -0.05) is 64.0 Å². The van der Waals surface area contributed by atoms with E-state index in [-0.39, 0.29) is 0 Å². The Morgan fingerprint density at radius 2 is 1.35 bits per heavy atom. The summed E-state index contributed by atoms with van der Waals surface area (Å²) in [4.78, 5) is 10.7. The highest BCUT2D eigenvalue weighted by atomic mass is 16.1. The molecule has 0 N–H and O–H groups in total. The molecule has 0 unspecified atom stereocenters. The molecular weight excluding hydrogens is 208 g/mol. The predicted molar refractivity (Wildman–Crippen MR) is 76.3 cm³/mol. The average molecular weight is 238 g/mol. The third-order valence-electron chi connectivity index (χ3n) is 3.05. The normalized spacial score (nSPS) is 11.2. The summed E-state index contributed by atoms with van der Waals surface area (Å²) in [6.45, 7) is 3.92. The van der Waals surface area contributed by atoms with Gasteiger partial charge in [0.15, 0.2) is 0 Å². The first-order valence-electron chi connectivity index (χ1n) is 7.41. The van der Waals surface area contributed by atoms with E-state index in [1.165, 1.54) is 57.8 Å². The van der Waals surface area contributed by atoms with Gasteiger partial charge in [0, 0.05) is 6.42 Å². The molecule has 0 radical (unpaired) electrons. The first kappa shape index (κ1) is 16.4. The third-order valence-corrected chi connectivity index (χ3v) is 3.05. The lowest BCUT2D eigenvalue weighted by molar-refractivity contribution is -0.116. The molecule has 0 aromatic carbocycles. The standard InChI is InChI=1S/C16H30O/c1-3-4-5-6-7-8-9-10-11-12-13-14-15-16(2)17/h12-13H,3-11,14-15H2,1-2H3/b13-12+. The molecule has 0 atom stereocenters. The summed E-state index contributed by atoms with van der Waals surface area (Å²) in [5.41, 5.74) is 0. The summed E-state index contributed by atoms with van der Waals surface area (Å²) in [6.07, 6.45) is 18.3. The molecule has 0 spiro atoms. The lowest BCUT2D eigenvalue weighted by Gasteiger charge is -1.99. The number of allylic oxidation sites excluding steroid dienone is 2. The van der Waals surface area contributed by atoms with E-state index in [4.69, 9.17) is 0 Å². The first-order valence-corrected chi connectivity index (χ1v) is 7.41. The van der Waals surface area contributed by atoms with E-state index < -0.39 is 0 Å². The van der Waals surface area contributed by atoms with Crippen LogP contribution < -0.4 is 0 Å². The van der Waals surface area contributed by atoms with Crippen molar-refractivity contribution in [3.8, 4) is 0 Å². The van der Waals surface area contributed by atoms with Gasteiger partial charge >= 0.3 is 0 Å². The number of rotatable bonds is 12. The second kappa shape index (κ2) is 13.5. The van der Waals surface area contributed by atoms with Crippen LogP contribution in [0.3, 0.4) is 0 Å². The van der Waals surface area contributed by atoms with Crippen LogP contribution in [-0.2, 0) is 4.79 Å². The number of carbonyl (C=O) groups is 1. The highest BCUT2D eigenvalue weighted by molar-refractivity contribution is 5.75. The molecule has 0 aliphatic rings. The predicted octanol–water partition coefficient (Wildman–Crippen LogP) is 5.44. The molecule has 0 aromatic rings. The van der Waals surface area contributed by atoms with Crippen LogP contribution in [-0.4, -0.2) is 5.78 Å². The van der Waals surface area contributed by atoms with Crippen molar-refractivity contribution in [2.75, 3.05) is 0 Å². The van der Waals surface area contributed by atoms with Crippen molar-refractivity contribution in [2.45, 2.75) is 84.5 Å². The Balaban J connectivity index is 3.05. The van der Waals surface area contributed by atoms with Gasteiger partial charge in [-0.05, 0) is 26.2 Å². The summed E-state index contributed by atoms with van der Waals surface area (Å²) >= 11 is 0. The van der Waals surface area contributed by atoms with E-state index in [0.717, 1.165) is 6.42 Å². The van der Waals surface area contributed by atoms with E-state index in [9.17, 15) is 4.79 Å². The topological polar surface area (TPSA) is 17.1 Å². The van der Waals surface area contributed by atoms with Crippen LogP contribution in [0.25, 0.3) is 0 Å².